The van der Waals surface area contributed by atoms with E-state index in [1.54, 1.807) is 7.11 Å². The predicted octanol–water partition coefficient (Wildman–Crippen LogP) is 4.51. The van der Waals surface area contributed by atoms with Crippen LogP contribution in [0.4, 0.5) is 5.69 Å². The average Bonchev–Trinajstić information content (AvgIpc) is 2.70. The fraction of sp³-hybridized carbons (Fsp3) is 0.174. The summed E-state index contributed by atoms with van der Waals surface area (Å²) >= 11 is 0. The zero-order valence-electron chi connectivity index (χ0n) is 15.6. The largest absolute Gasteiger partial charge is 0.497 e. The van der Waals surface area contributed by atoms with E-state index in [0.29, 0.717) is 18.0 Å². The summed E-state index contributed by atoms with van der Waals surface area (Å²) in [6, 6.07) is 27.0. The monoisotopic (exact) mass is 360 g/mol. The van der Waals surface area contributed by atoms with E-state index in [-0.39, 0.29) is 5.91 Å². The van der Waals surface area contributed by atoms with Crippen LogP contribution < -0.4 is 10.1 Å². The standard InChI is InChI=1S/C23H24N2O2/c1-25(17-18-10-5-3-6-11-18)22(19-12-7-4-8-13-19)23(26)24-20-14-9-15-21(16-20)27-2/h3-16,22H,17H2,1-2H3,(H,24,26)/t22-/m0/s1. The van der Waals surface area contributed by atoms with E-state index < -0.39 is 6.04 Å². The summed E-state index contributed by atoms with van der Waals surface area (Å²) in [5, 5.41) is 3.02. The number of ether oxygens (including phenoxy) is 1. The second-order valence-electron chi connectivity index (χ2n) is 6.44. The molecule has 3 aromatic rings. The Bertz CT molecular complexity index is 866. The second-order valence-corrected chi connectivity index (χ2v) is 6.44. The molecule has 138 valence electrons. The van der Waals surface area contributed by atoms with Crippen molar-refractivity contribution in [1.29, 1.82) is 0 Å². The number of benzene rings is 3. The molecule has 1 amide bonds. The van der Waals surface area contributed by atoms with E-state index in [4.69, 9.17) is 4.74 Å². The number of methoxy groups -OCH3 is 1. The van der Waals surface area contributed by atoms with Gasteiger partial charge in [-0.3, -0.25) is 9.69 Å². The quantitative estimate of drug-likeness (QED) is 0.674. The summed E-state index contributed by atoms with van der Waals surface area (Å²) in [5.41, 5.74) is 2.83. The van der Waals surface area contributed by atoms with Gasteiger partial charge in [-0.1, -0.05) is 66.7 Å². The first-order valence-corrected chi connectivity index (χ1v) is 8.91. The van der Waals surface area contributed by atoms with Crippen LogP contribution in [0.3, 0.4) is 0 Å². The summed E-state index contributed by atoms with van der Waals surface area (Å²) in [6.07, 6.45) is 0. The van der Waals surface area contributed by atoms with Crippen molar-refractivity contribution in [1.82, 2.24) is 4.90 Å². The third-order valence-corrected chi connectivity index (χ3v) is 4.42. The van der Waals surface area contributed by atoms with Crippen molar-refractivity contribution in [2.24, 2.45) is 0 Å². The van der Waals surface area contributed by atoms with Gasteiger partial charge >= 0.3 is 0 Å². The molecule has 0 heterocycles. The number of nitrogens with one attached hydrogen (secondary N) is 1. The molecule has 0 radical (unpaired) electrons. The van der Waals surface area contributed by atoms with Gasteiger partial charge in [0, 0.05) is 18.3 Å². The van der Waals surface area contributed by atoms with Crippen LogP contribution in [0.15, 0.2) is 84.9 Å². The first-order valence-electron chi connectivity index (χ1n) is 8.91. The summed E-state index contributed by atoms with van der Waals surface area (Å²) in [4.78, 5) is 15.2. The highest BCUT2D eigenvalue weighted by Crippen LogP contribution is 2.24. The van der Waals surface area contributed by atoms with Crippen molar-refractivity contribution in [3.8, 4) is 5.75 Å². The molecule has 1 N–H and O–H groups in total. The van der Waals surface area contributed by atoms with Crippen molar-refractivity contribution in [3.63, 3.8) is 0 Å². The van der Waals surface area contributed by atoms with Crippen LogP contribution in [0, 0.1) is 0 Å². The molecule has 0 aliphatic carbocycles. The van der Waals surface area contributed by atoms with Gasteiger partial charge in [0.15, 0.2) is 0 Å². The number of likely N-dealkylation sites (N-methyl/N-ethyl adjacent to an activating group) is 1. The lowest BCUT2D eigenvalue weighted by atomic mass is 10.0. The highest BCUT2D eigenvalue weighted by Gasteiger charge is 2.25. The molecule has 0 saturated heterocycles. The minimum atomic E-state index is -0.405. The Morgan fingerprint density at radius 1 is 0.963 bits per heavy atom. The lowest BCUT2D eigenvalue weighted by molar-refractivity contribution is -0.121. The van der Waals surface area contributed by atoms with Crippen LogP contribution in [0.2, 0.25) is 0 Å². The van der Waals surface area contributed by atoms with Gasteiger partial charge < -0.3 is 10.1 Å². The zero-order valence-corrected chi connectivity index (χ0v) is 15.6. The maximum Gasteiger partial charge on any atom is 0.246 e. The number of anilines is 1. The van der Waals surface area contributed by atoms with Crippen LogP contribution in [-0.4, -0.2) is 25.0 Å². The molecule has 0 aromatic heterocycles. The number of hydrogen-bond donors (Lipinski definition) is 1. The van der Waals surface area contributed by atoms with Crippen molar-refractivity contribution in [2.75, 3.05) is 19.5 Å². The fourth-order valence-corrected chi connectivity index (χ4v) is 3.12. The second kappa shape index (κ2) is 9.01. The number of rotatable bonds is 7. The van der Waals surface area contributed by atoms with Gasteiger partial charge in [0.2, 0.25) is 5.91 Å². The molecule has 4 nitrogen and oxygen atoms in total. The van der Waals surface area contributed by atoms with E-state index in [9.17, 15) is 4.79 Å². The van der Waals surface area contributed by atoms with E-state index in [0.717, 1.165) is 11.1 Å². The van der Waals surface area contributed by atoms with Crippen molar-refractivity contribution in [2.45, 2.75) is 12.6 Å². The summed E-state index contributed by atoms with van der Waals surface area (Å²) < 4.78 is 5.25. The van der Waals surface area contributed by atoms with E-state index in [2.05, 4.69) is 22.3 Å². The molecular weight excluding hydrogens is 336 g/mol. The Balaban J connectivity index is 1.84. The Kier molecular flexibility index (Phi) is 6.23. The maximum atomic E-state index is 13.2. The maximum absolute atomic E-state index is 13.2. The van der Waals surface area contributed by atoms with Gasteiger partial charge in [-0.25, -0.2) is 0 Å². The molecule has 0 aliphatic rings. The molecule has 0 aliphatic heterocycles. The molecule has 27 heavy (non-hydrogen) atoms. The first kappa shape index (κ1) is 18.7. The Morgan fingerprint density at radius 3 is 2.30 bits per heavy atom. The molecule has 1 atom stereocenters. The van der Waals surface area contributed by atoms with Gasteiger partial charge in [0.1, 0.15) is 11.8 Å². The normalized spacial score (nSPS) is 11.8. The first-order chi connectivity index (χ1) is 13.2. The highest BCUT2D eigenvalue weighted by atomic mass is 16.5. The smallest absolute Gasteiger partial charge is 0.246 e. The number of hydrogen-bond acceptors (Lipinski definition) is 3. The van der Waals surface area contributed by atoms with Crippen LogP contribution >= 0.6 is 0 Å². The molecule has 4 heteroatoms. The van der Waals surface area contributed by atoms with Gasteiger partial charge in [-0.05, 0) is 30.3 Å². The number of carbonyl (C=O) groups excluding carboxylic acids is 1. The molecule has 0 saturated carbocycles. The van der Waals surface area contributed by atoms with Crippen LogP contribution in [0.5, 0.6) is 5.75 Å². The molecule has 0 spiro atoms. The number of amides is 1. The number of nitrogens with zero attached hydrogens (tertiary/aromatic N) is 1. The summed E-state index contributed by atoms with van der Waals surface area (Å²) in [7, 11) is 3.58. The van der Waals surface area contributed by atoms with Crippen LogP contribution in [0.1, 0.15) is 17.2 Å². The van der Waals surface area contributed by atoms with Gasteiger partial charge in [0.05, 0.1) is 7.11 Å². The van der Waals surface area contributed by atoms with E-state index in [1.807, 2.05) is 79.8 Å². The van der Waals surface area contributed by atoms with Crippen molar-refractivity contribution >= 4 is 11.6 Å². The number of carbonyl (C=O) groups is 1. The Hall–Kier alpha value is -3.11. The molecule has 3 rings (SSSR count). The van der Waals surface area contributed by atoms with E-state index >= 15 is 0 Å². The average molecular weight is 360 g/mol. The molecule has 0 bridgehead atoms. The van der Waals surface area contributed by atoms with Crippen molar-refractivity contribution in [3.05, 3.63) is 96.1 Å². The molecule has 3 aromatic carbocycles. The van der Waals surface area contributed by atoms with Crippen LogP contribution in [-0.2, 0) is 11.3 Å². The third kappa shape index (κ3) is 4.96. The summed E-state index contributed by atoms with van der Waals surface area (Å²) in [5.74, 6) is 0.634. The molecule has 0 unspecified atom stereocenters. The third-order valence-electron chi connectivity index (χ3n) is 4.42. The minimum absolute atomic E-state index is 0.0760. The topological polar surface area (TPSA) is 41.6 Å². The lowest BCUT2D eigenvalue weighted by Gasteiger charge is -2.27. The van der Waals surface area contributed by atoms with Crippen molar-refractivity contribution < 1.29 is 9.53 Å². The highest BCUT2D eigenvalue weighted by molar-refractivity contribution is 5.95. The SMILES string of the molecule is COc1cccc(NC(=O)[C@H](c2ccccc2)N(C)Cc2ccccc2)c1. The molecule has 0 fully saturated rings. The minimum Gasteiger partial charge on any atom is -0.497 e. The van der Waals surface area contributed by atoms with Gasteiger partial charge in [-0.15, -0.1) is 0 Å². The van der Waals surface area contributed by atoms with Gasteiger partial charge in [-0.2, -0.15) is 0 Å². The summed E-state index contributed by atoms with van der Waals surface area (Å²) in [6.45, 7) is 0.673. The van der Waals surface area contributed by atoms with Crippen LogP contribution in [0.25, 0.3) is 0 Å². The molecular formula is C23H24N2O2. The predicted molar refractivity (Wildman–Crippen MR) is 109 cm³/mol. The Labute approximate surface area is 160 Å². The van der Waals surface area contributed by atoms with E-state index in [1.165, 1.54) is 0 Å². The Morgan fingerprint density at radius 2 is 1.63 bits per heavy atom. The van der Waals surface area contributed by atoms with Gasteiger partial charge in [0.25, 0.3) is 0 Å². The fourth-order valence-electron chi connectivity index (χ4n) is 3.12. The lowest BCUT2D eigenvalue weighted by Crippen LogP contribution is -2.34. The zero-order chi connectivity index (χ0) is 19.1.